The van der Waals surface area contributed by atoms with Gasteiger partial charge in [-0.1, -0.05) is 0 Å². The molecular weight excluding hydrogens is 500 g/mol. The van der Waals surface area contributed by atoms with Gasteiger partial charge in [-0.3, -0.25) is 14.5 Å². The molecule has 1 aliphatic carbocycles. The lowest BCUT2D eigenvalue weighted by Gasteiger charge is -2.35. The van der Waals surface area contributed by atoms with E-state index in [-0.39, 0.29) is 19.0 Å². The number of nitrogens with one attached hydrogen (secondary N) is 3. The normalized spacial score (nSPS) is 16.6. The van der Waals surface area contributed by atoms with Gasteiger partial charge < -0.3 is 30.7 Å². The zero-order valence-corrected chi connectivity index (χ0v) is 21.8. The summed E-state index contributed by atoms with van der Waals surface area (Å²) in [5, 5.41) is 16.3. The summed E-state index contributed by atoms with van der Waals surface area (Å²) >= 11 is 0. The van der Waals surface area contributed by atoms with Crippen LogP contribution in [0, 0.1) is 12.8 Å². The van der Waals surface area contributed by atoms with Crippen molar-refractivity contribution in [1.82, 2.24) is 19.9 Å². The first-order valence-electron chi connectivity index (χ1n) is 13.0. The van der Waals surface area contributed by atoms with Crippen LogP contribution in [0.3, 0.4) is 0 Å². The number of carbonyl (C=O) groups is 2. The number of hydrogen-bond acceptors (Lipinski definition) is 10. The molecule has 2 aliphatic heterocycles. The molecule has 39 heavy (non-hydrogen) atoms. The Kier molecular flexibility index (Phi) is 8.02. The first-order chi connectivity index (χ1) is 19.0. The lowest BCUT2D eigenvalue weighted by Crippen LogP contribution is -2.47. The number of benzene rings is 1. The van der Waals surface area contributed by atoms with Crippen molar-refractivity contribution in [3.05, 3.63) is 48.3 Å². The third kappa shape index (κ3) is 6.90. The van der Waals surface area contributed by atoms with Gasteiger partial charge in [0.1, 0.15) is 17.4 Å². The average Bonchev–Trinajstić information content (AvgIpc) is 3.76. The van der Waals surface area contributed by atoms with E-state index in [4.69, 9.17) is 14.6 Å². The van der Waals surface area contributed by atoms with Gasteiger partial charge in [-0.05, 0) is 56.0 Å². The van der Waals surface area contributed by atoms with Crippen LogP contribution in [0.1, 0.15) is 18.4 Å². The summed E-state index contributed by atoms with van der Waals surface area (Å²) in [6.07, 6.45) is 6.40. The quantitative estimate of drug-likeness (QED) is 0.333. The van der Waals surface area contributed by atoms with Crippen LogP contribution in [0.2, 0.25) is 0 Å². The van der Waals surface area contributed by atoms with E-state index in [1.807, 2.05) is 37.4 Å². The molecule has 12 nitrogen and oxygen atoms in total. The largest absolute Gasteiger partial charge is 0.483 e. The summed E-state index contributed by atoms with van der Waals surface area (Å²) in [5.74, 6) is 3.57. The van der Waals surface area contributed by atoms with Gasteiger partial charge in [-0.25, -0.2) is 9.97 Å². The number of aromatic nitrogens is 3. The van der Waals surface area contributed by atoms with Crippen LogP contribution < -0.4 is 25.6 Å². The molecule has 4 N–H and O–H groups in total. The van der Waals surface area contributed by atoms with Gasteiger partial charge >= 0.3 is 0 Å². The summed E-state index contributed by atoms with van der Waals surface area (Å²) in [4.78, 5) is 38.7. The van der Waals surface area contributed by atoms with Crippen LogP contribution in [-0.4, -0.2) is 76.7 Å². The van der Waals surface area contributed by atoms with Crippen LogP contribution in [0.4, 0.5) is 34.6 Å². The molecule has 0 bridgehead atoms. The highest BCUT2D eigenvalue weighted by Gasteiger charge is 2.26. The van der Waals surface area contributed by atoms with Gasteiger partial charge in [-0.15, -0.1) is 0 Å². The first-order valence-corrected chi connectivity index (χ1v) is 13.0. The smallest absolute Gasteiger partial charge is 0.290 e. The van der Waals surface area contributed by atoms with Crippen molar-refractivity contribution in [2.45, 2.75) is 19.8 Å². The van der Waals surface area contributed by atoms with Crippen LogP contribution in [-0.2, 0) is 9.59 Å². The Hall–Kier alpha value is -4.45. The van der Waals surface area contributed by atoms with E-state index >= 15 is 0 Å². The number of pyridine rings is 1. The van der Waals surface area contributed by atoms with Crippen molar-refractivity contribution < 1.29 is 19.4 Å². The molecule has 3 aromatic rings. The third-order valence-corrected chi connectivity index (χ3v) is 6.76. The molecule has 1 aromatic carbocycles. The predicted octanol–water partition coefficient (Wildman–Crippen LogP) is 3.23. The summed E-state index contributed by atoms with van der Waals surface area (Å²) in [6, 6.07) is 9.61. The molecule has 204 valence electrons. The summed E-state index contributed by atoms with van der Waals surface area (Å²) < 4.78 is 5.43. The fraction of sp³-hybridized carbons (Fsp3) is 0.370. The molecule has 0 spiro atoms. The first kappa shape index (κ1) is 26.2. The number of fused-ring (bicyclic) bond motifs is 1. The van der Waals surface area contributed by atoms with E-state index in [1.54, 1.807) is 6.20 Å². The molecular formula is C27H32N8O4. The standard InChI is InChI=1S/C26H30N8O2.CH2O2/c1-17-13-28-26(32-25(17)29-19-4-6-22-21(12-19)31-24(35)16-36-22)30-20-5-7-23(27-14-20)34-10-8-33(9-11-34)15-18-2-3-18;2-1-3/h4-7,12-14,18H,2-3,8-11,15-16H2,1H3,(H,31,35)(H2,28,29,30,32);1H,(H,2,3). The minimum atomic E-state index is -0.250. The van der Waals surface area contributed by atoms with Gasteiger partial charge in [0, 0.05) is 50.2 Å². The van der Waals surface area contributed by atoms with Gasteiger partial charge in [0.25, 0.3) is 12.4 Å². The fourth-order valence-electron chi connectivity index (χ4n) is 4.53. The third-order valence-electron chi connectivity index (χ3n) is 6.76. The van der Waals surface area contributed by atoms with Crippen molar-refractivity contribution in [3.63, 3.8) is 0 Å². The molecule has 2 aromatic heterocycles. The van der Waals surface area contributed by atoms with E-state index in [1.165, 1.54) is 19.4 Å². The second kappa shape index (κ2) is 11.9. The highest BCUT2D eigenvalue weighted by atomic mass is 16.5. The number of carbonyl (C=O) groups excluding carboxylic acids is 1. The number of ether oxygens (including phenoxy) is 1. The maximum atomic E-state index is 11.6. The number of nitrogens with zero attached hydrogens (tertiary/aromatic N) is 5. The number of amides is 1. The van der Waals surface area contributed by atoms with Crippen molar-refractivity contribution in [2.75, 3.05) is 60.2 Å². The number of rotatable bonds is 7. The average molecular weight is 533 g/mol. The molecule has 0 unspecified atom stereocenters. The van der Waals surface area contributed by atoms with Crippen molar-refractivity contribution in [1.29, 1.82) is 0 Å². The molecule has 0 radical (unpaired) electrons. The Balaban J connectivity index is 0.000000983. The molecule has 6 rings (SSSR count). The minimum Gasteiger partial charge on any atom is -0.483 e. The number of piperazine rings is 1. The van der Waals surface area contributed by atoms with Crippen LogP contribution >= 0.6 is 0 Å². The van der Waals surface area contributed by atoms with Gasteiger partial charge in [0.2, 0.25) is 5.95 Å². The zero-order valence-electron chi connectivity index (χ0n) is 21.8. The molecule has 1 saturated carbocycles. The van der Waals surface area contributed by atoms with E-state index in [2.05, 4.69) is 46.8 Å². The lowest BCUT2D eigenvalue weighted by molar-refractivity contribution is -0.123. The highest BCUT2D eigenvalue weighted by Crippen LogP contribution is 2.32. The summed E-state index contributed by atoms with van der Waals surface area (Å²) in [7, 11) is 0. The van der Waals surface area contributed by atoms with Crippen LogP contribution in [0.15, 0.2) is 42.7 Å². The Morgan fingerprint density at radius 1 is 1.08 bits per heavy atom. The Bertz CT molecular complexity index is 1310. The van der Waals surface area contributed by atoms with Crippen molar-refractivity contribution >= 4 is 47.0 Å². The van der Waals surface area contributed by atoms with E-state index in [0.29, 0.717) is 23.2 Å². The number of aryl methyl sites for hydroxylation is 1. The fourth-order valence-corrected chi connectivity index (χ4v) is 4.53. The molecule has 3 aliphatic rings. The monoisotopic (exact) mass is 532 g/mol. The molecule has 12 heteroatoms. The highest BCUT2D eigenvalue weighted by molar-refractivity contribution is 5.96. The maximum absolute atomic E-state index is 11.6. The Morgan fingerprint density at radius 2 is 1.85 bits per heavy atom. The molecule has 1 amide bonds. The molecule has 4 heterocycles. The topological polar surface area (TPSA) is 145 Å². The second-order valence-electron chi connectivity index (χ2n) is 9.76. The van der Waals surface area contributed by atoms with Gasteiger partial charge in [0.15, 0.2) is 6.61 Å². The van der Waals surface area contributed by atoms with E-state index in [9.17, 15) is 4.79 Å². The van der Waals surface area contributed by atoms with Crippen LogP contribution in [0.5, 0.6) is 5.75 Å². The summed E-state index contributed by atoms with van der Waals surface area (Å²) in [6.45, 7) is 7.23. The Labute approximate surface area is 226 Å². The van der Waals surface area contributed by atoms with Crippen molar-refractivity contribution in [3.8, 4) is 5.75 Å². The number of carboxylic acid groups (broad SMARTS) is 1. The second-order valence-corrected chi connectivity index (χ2v) is 9.76. The summed E-state index contributed by atoms with van der Waals surface area (Å²) in [5.41, 5.74) is 3.15. The van der Waals surface area contributed by atoms with Gasteiger partial charge in [0.05, 0.1) is 17.6 Å². The lowest BCUT2D eigenvalue weighted by atomic mass is 10.2. The molecule has 2 fully saturated rings. The minimum absolute atomic E-state index is 0.0344. The van der Waals surface area contributed by atoms with E-state index in [0.717, 1.165) is 54.9 Å². The predicted molar refractivity (Wildman–Crippen MR) is 148 cm³/mol. The van der Waals surface area contributed by atoms with Gasteiger partial charge in [-0.2, -0.15) is 4.98 Å². The van der Waals surface area contributed by atoms with Crippen molar-refractivity contribution in [2.24, 2.45) is 5.92 Å². The van der Waals surface area contributed by atoms with Crippen LogP contribution in [0.25, 0.3) is 0 Å². The van der Waals surface area contributed by atoms with E-state index < -0.39 is 0 Å². The Morgan fingerprint density at radius 3 is 2.56 bits per heavy atom. The molecule has 1 saturated heterocycles. The maximum Gasteiger partial charge on any atom is 0.290 e. The molecule has 0 atom stereocenters. The number of anilines is 6. The SMILES string of the molecule is Cc1cnc(Nc2ccc(N3CCN(CC4CC4)CC3)nc2)nc1Nc1ccc2c(c1)NC(=O)CO2.O=CO. The zero-order chi connectivity index (χ0) is 27.2. The number of hydrogen-bond donors (Lipinski definition) is 4.